The van der Waals surface area contributed by atoms with E-state index in [1.807, 2.05) is 0 Å². The predicted molar refractivity (Wildman–Crippen MR) is 80.3 cm³/mol. The van der Waals surface area contributed by atoms with Gasteiger partial charge in [0.1, 0.15) is 0 Å². The largest absolute Gasteiger partial charge is 0.353 e. The Balaban J connectivity index is 2.11. The summed E-state index contributed by atoms with van der Waals surface area (Å²) in [5.41, 5.74) is 0. The molecule has 0 aromatic rings. The van der Waals surface area contributed by atoms with E-state index < -0.39 is 0 Å². The molecule has 1 heterocycles. The Morgan fingerprint density at radius 1 is 1.26 bits per heavy atom. The molecule has 2 N–H and O–H groups in total. The number of amides is 1. The summed E-state index contributed by atoms with van der Waals surface area (Å²) in [6.45, 7) is 10.5. The fourth-order valence-corrected chi connectivity index (χ4v) is 2.74. The van der Waals surface area contributed by atoms with Gasteiger partial charge in [-0.3, -0.25) is 4.79 Å². The van der Waals surface area contributed by atoms with Crippen molar-refractivity contribution in [1.29, 1.82) is 0 Å². The quantitative estimate of drug-likeness (QED) is 0.706. The zero-order chi connectivity index (χ0) is 14.1. The molecule has 0 aliphatic carbocycles. The van der Waals surface area contributed by atoms with E-state index in [1.165, 1.54) is 26.1 Å². The Morgan fingerprint density at radius 2 is 1.95 bits per heavy atom. The van der Waals surface area contributed by atoms with Crippen LogP contribution in [0.1, 0.15) is 52.9 Å². The van der Waals surface area contributed by atoms with Crippen molar-refractivity contribution in [3.05, 3.63) is 0 Å². The standard InChI is InChI=1S/C15H31N3O/c1-4-6-13(3)17-15(19)12-16-14-7-10-18(9-5-2)11-8-14/h13-14,16H,4-12H2,1-3H3,(H,17,19). The Bertz CT molecular complexity index is 250. The summed E-state index contributed by atoms with van der Waals surface area (Å²) in [6.07, 6.45) is 5.73. The molecule has 1 saturated heterocycles. The van der Waals surface area contributed by atoms with E-state index in [9.17, 15) is 4.79 Å². The van der Waals surface area contributed by atoms with Crippen LogP contribution < -0.4 is 10.6 Å². The van der Waals surface area contributed by atoms with Gasteiger partial charge in [0, 0.05) is 12.1 Å². The topological polar surface area (TPSA) is 44.4 Å². The molecule has 0 aromatic heterocycles. The molecule has 0 saturated carbocycles. The minimum Gasteiger partial charge on any atom is -0.353 e. The van der Waals surface area contributed by atoms with Crippen LogP contribution in [-0.4, -0.2) is 49.1 Å². The molecule has 19 heavy (non-hydrogen) atoms. The van der Waals surface area contributed by atoms with Gasteiger partial charge in [-0.2, -0.15) is 0 Å². The lowest BCUT2D eigenvalue weighted by Gasteiger charge is -2.32. The second-order valence-corrected chi connectivity index (χ2v) is 5.75. The van der Waals surface area contributed by atoms with Crippen molar-refractivity contribution in [3.8, 4) is 0 Å². The maximum atomic E-state index is 11.8. The molecule has 1 aliphatic heterocycles. The molecule has 1 rings (SSSR count). The Kier molecular flexibility index (Phi) is 8.07. The van der Waals surface area contributed by atoms with Gasteiger partial charge in [-0.25, -0.2) is 0 Å². The van der Waals surface area contributed by atoms with Gasteiger partial charge >= 0.3 is 0 Å². The predicted octanol–water partition coefficient (Wildman–Crippen LogP) is 1.76. The second-order valence-electron chi connectivity index (χ2n) is 5.75. The molecular weight excluding hydrogens is 238 g/mol. The highest BCUT2D eigenvalue weighted by Crippen LogP contribution is 2.10. The molecule has 1 fully saturated rings. The average Bonchev–Trinajstić information content (AvgIpc) is 2.38. The van der Waals surface area contributed by atoms with Crippen molar-refractivity contribution in [1.82, 2.24) is 15.5 Å². The Morgan fingerprint density at radius 3 is 2.53 bits per heavy atom. The molecule has 1 atom stereocenters. The van der Waals surface area contributed by atoms with E-state index in [4.69, 9.17) is 0 Å². The fourth-order valence-electron chi connectivity index (χ4n) is 2.74. The third-order valence-electron chi connectivity index (χ3n) is 3.81. The zero-order valence-electron chi connectivity index (χ0n) is 12.9. The second kappa shape index (κ2) is 9.32. The monoisotopic (exact) mass is 269 g/mol. The van der Waals surface area contributed by atoms with Crippen LogP contribution in [0, 0.1) is 0 Å². The molecule has 4 nitrogen and oxygen atoms in total. The highest BCUT2D eigenvalue weighted by atomic mass is 16.1. The lowest BCUT2D eigenvalue weighted by Crippen LogP contribution is -2.46. The number of hydrogen-bond acceptors (Lipinski definition) is 3. The third kappa shape index (κ3) is 6.92. The summed E-state index contributed by atoms with van der Waals surface area (Å²) in [4.78, 5) is 14.3. The van der Waals surface area contributed by atoms with Crippen LogP contribution >= 0.6 is 0 Å². The SMILES string of the molecule is CCCC(C)NC(=O)CNC1CCN(CCC)CC1. The van der Waals surface area contributed by atoms with Crippen molar-refractivity contribution in [3.63, 3.8) is 0 Å². The smallest absolute Gasteiger partial charge is 0.234 e. The first kappa shape index (κ1) is 16.4. The van der Waals surface area contributed by atoms with Crippen molar-refractivity contribution < 1.29 is 4.79 Å². The number of hydrogen-bond donors (Lipinski definition) is 2. The van der Waals surface area contributed by atoms with E-state index >= 15 is 0 Å². The Hall–Kier alpha value is -0.610. The molecule has 1 amide bonds. The van der Waals surface area contributed by atoms with Crippen LogP contribution in [0.3, 0.4) is 0 Å². The van der Waals surface area contributed by atoms with Gasteiger partial charge < -0.3 is 15.5 Å². The third-order valence-corrected chi connectivity index (χ3v) is 3.81. The molecule has 112 valence electrons. The van der Waals surface area contributed by atoms with Gasteiger partial charge in [-0.15, -0.1) is 0 Å². The van der Waals surface area contributed by atoms with Gasteiger partial charge in [-0.1, -0.05) is 20.3 Å². The van der Waals surface area contributed by atoms with Gasteiger partial charge in [0.15, 0.2) is 0 Å². The summed E-state index contributed by atoms with van der Waals surface area (Å²) in [6, 6.07) is 0.811. The van der Waals surface area contributed by atoms with E-state index in [2.05, 4.69) is 36.3 Å². The first-order valence-corrected chi connectivity index (χ1v) is 7.90. The first-order chi connectivity index (χ1) is 9.15. The lowest BCUT2D eigenvalue weighted by atomic mass is 10.0. The fraction of sp³-hybridized carbons (Fsp3) is 0.933. The van der Waals surface area contributed by atoms with E-state index in [0.29, 0.717) is 18.6 Å². The van der Waals surface area contributed by atoms with Crippen LogP contribution in [-0.2, 0) is 4.79 Å². The molecule has 0 bridgehead atoms. The maximum absolute atomic E-state index is 11.8. The minimum atomic E-state index is 0.136. The number of carbonyl (C=O) groups is 1. The van der Waals surface area contributed by atoms with E-state index in [-0.39, 0.29) is 5.91 Å². The van der Waals surface area contributed by atoms with Crippen LogP contribution in [0.5, 0.6) is 0 Å². The molecule has 0 radical (unpaired) electrons. The normalized spacial score (nSPS) is 19.3. The highest BCUT2D eigenvalue weighted by Gasteiger charge is 2.18. The molecule has 1 unspecified atom stereocenters. The number of nitrogens with one attached hydrogen (secondary N) is 2. The van der Waals surface area contributed by atoms with Crippen LogP contribution in [0.2, 0.25) is 0 Å². The Labute approximate surface area is 118 Å². The average molecular weight is 269 g/mol. The van der Waals surface area contributed by atoms with Gasteiger partial charge in [0.25, 0.3) is 0 Å². The number of carbonyl (C=O) groups excluding carboxylic acids is 1. The van der Waals surface area contributed by atoms with Crippen LogP contribution in [0.15, 0.2) is 0 Å². The molecule has 0 aromatic carbocycles. The first-order valence-electron chi connectivity index (χ1n) is 7.90. The van der Waals surface area contributed by atoms with Crippen molar-refractivity contribution in [2.45, 2.75) is 65.0 Å². The van der Waals surface area contributed by atoms with Gasteiger partial charge in [0.05, 0.1) is 6.54 Å². The number of nitrogens with zero attached hydrogens (tertiary/aromatic N) is 1. The van der Waals surface area contributed by atoms with Crippen LogP contribution in [0.25, 0.3) is 0 Å². The molecule has 0 spiro atoms. The van der Waals surface area contributed by atoms with Crippen molar-refractivity contribution >= 4 is 5.91 Å². The summed E-state index contributed by atoms with van der Waals surface area (Å²) in [5.74, 6) is 0.136. The zero-order valence-corrected chi connectivity index (χ0v) is 12.9. The molecular formula is C15H31N3O. The maximum Gasteiger partial charge on any atom is 0.234 e. The minimum absolute atomic E-state index is 0.136. The summed E-state index contributed by atoms with van der Waals surface area (Å²) >= 11 is 0. The number of likely N-dealkylation sites (tertiary alicyclic amines) is 1. The molecule has 1 aliphatic rings. The molecule has 4 heteroatoms. The van der Waals surface area contributed by atoms with E-state index in [1.54, 1.807) is 0 Å². The van der Waals surface area contributed by atoms with Crippen molar-refractivity contribution in [2.24, 2.45) is 0 Å². The van der Waals surface area contributed by atoms with Crippen molar-refractivity contribution in [2.75, 3.05) is 26.2 Å². The van der Waals surface area contributed by atoms with E-state index in [0.717, 1.165) is 25.7 Å². The van der Waals surface area contributed by atoms with Gasteiger partial charge in [0.2, 0.25) is 5.91 Å². The summed E-state index contributed by atoms with van der Waals surface area (Å²) in [7, 11) is 0. The number of rotatable bonds is 8. The summed E-state index contributed by atoms with van der Waals surface area (Å²) in [5, 5.41) is 6.43. The lowest BCUT2D eigenvalue weighted by molar-refractivity contribution is -0.121. The highest BCUT2D eigenvalue weighted by molar-refractivity contribution is 5.78. The van der Waals surface area contributed by atoms with Gasteiger partial charge in [-0.05, 0) is 52.2 Å². The number of piperidine rings is 1. The van der Waals surface area contributed by atoms with Crippen LogP contribution in [0.4, 0.5) is 0 Å². The summed E-state index contributed by atoms with van der Waals surface area (Å²) < 4.78 is 0.